The minimum atomic E-state index is -0.311. The minimum Gasteiger partial charge on any atom is -0.506 e. The lowest BCUT2D eigenvalue weighted by Gasteiger charge is -2.12. The quantitative estimate of drug-likeness (QED) is 0.736. The van der Waals surface area contributed by atoms with Crippen LogP contribution < -0.4 is 5.48 Å². The van der Waals surface area contributed by atoms with Gasteiger partial charge in [0.1, 0.15) is 5.75 Å². The van der Waals surface area contributed by atoms with Crippen LogP contribution in [0.5, 0.6) is 5.75 Å². The van der Waals surface area contributed by atoms with Crippen LogP contribution in [0.1, 0.15) is 18.5 Å². The van der Waals surface area contributed by atoms with Crippen LogP contribution in [0.25, 0.3) is 0 Å². The second kappa shape index (κ2) is 4.41. The van der Waals surface area contributed by atoms with E-state index in [4.69, 9.17) is 5.21 Å². The van der Waals surface area contributed by atoms with Gasteiger partial charge in [0.15, 0.2) is 0 Å². The molecule has 1 aromatic carbocycles. The van der Waals surface area contributed by atoms with E-state index in [-0.39, 0.29) is 11.8 Å². The van der Waals surface area contributed by atoms with Gasteiger partial charge >= 0.3 is 0 Å². The normalized spacial score (nSPS) is 12.9. The molecule has 0 aromatic heterocycles. The summed E-state index contributed by atoms with van der Waals surface area (Å²) in [7, 11) is 0. The molecule has 1 rings (SSSR count). The molecule has 0 fully saturated rings. The van der Waals surface area contributed by atoms with E-state index < -0.39 is 0 Å². The van der Waals surface area contributed by atoms with Crippen LogP contribution in [0.15, 0.2) is 21.1 Å². The molecule has 13 heavy (non-hydrogen) atoms. The van der Waals surface area contributed by atoms with E-state index in [0.29, 0.717) is 10.0 Å². The first kappa shape index (κ1) is 11.0. The summed E-state index contributed by atoms with van der Waals surface area (Å²) >= 11 is 6.50. The van der Waals surface area contributed by atoms with Crippen molar-refractivity contribution < 1.29 is 10.3 Å². The molecule has 0 aliphatic rings. The van der Waals surface area contributed by atoms with E-state index in [2.05, 4.69) is 37.3 Å². The summed E-state index contributed by atoms with van der Waals surface area (Å²) in [6, 6.07) is 3.17. The van der Waals surface area contributed by atoms with Crippen molar-refractivity contribution in [2.75, 3.05) is 0 Å². The van der Waals surface area contributed by atoms with Crippen LogP contribution in [0, 0.1) is 0 Å². The summed E-state index contributed by atoms with van der Waals surface area (Å²) in [5.74, 6) is 0.136. The Morgan fingerprint density at radius 2 is 2.00 bits per heavy atom. The van der Waals surface area contributed by atoms with Gasteiger partial charge in [0.2, 0.25) is 0 Å². The molecule has 0 radical (unpaired) electrons. The Bertz CT molecular complexity index is 317. The Kier molecular flexibility index (Phi) is 3.73. The summed E-state index contributed by atoms with van der Waals surface area (Å²) < 4.78 is 1.44. The van der Waals surface area contributed by atoms with Gasteiger partial charge in [0, 0.05) is 10.0 Å². The average Bonchev–Trinajstić information content (AvgIpc) is 2.10. The third-order valence-corrected chi connectivity index (χ3v) is 2.78. The number of benzene rings is 1. The van der Waals surface area contributed by atoms with Crippen molar-refractivity contribution >= 4 is 31.9 Å². The van der Waals surface area contributed by atoms with Crippen molar-refractivity contribution in [2.24, 2.45) is 0 Å². The van der Waals surface area contributed by atoms with Crippen molar-refractivity contribution in [3.05, 3.63) is 26.6 Å². The highest BCUT2D eigenvalue weighted by Gasteiger charge is 2.12. The zero-order chi connectivity index (χ0) is 10.0. The second-order valence-electron chi connectivity index (χ2n) is 2.68. The van der Waals surface area contributed by atoms with Gasteiger partial charge in [0.05, 0.1) is 10.5 Å². The number of hydrogen-bond acceptors (Lipinski definition) is 3. The van der Waals surface area contributed by atoms with Crippen LogP contribution in [-0.4, -0.2) is 10.3 Å². The first-order chi connectivity index (χ1) is 6.06. The lowest BCUT2D eigenvalue weighted by molar-refractivity contribution is 0.132. The molecule has 0 unspecified atom stereocenters. The number of hydrogen-bond donors (Lipinski definition) is 3. The fourth-order valence-electron chi connectivity index (χ4n) is 0.986. The SMILES string of the molecule is C[C@@H](NO)c1cc(Br)cc(Br)c1O. The molecule has 0 aliphatic heterocycles. The van der Waals surface area contributed by atoms with E-state index in [1.807, 2.05) is 0 Å². The van der Waals surface area contributed by atoms with Crippen LogP contribution in [-0.2, 0) is 0 Å². The van der Waals surface area contributed by atoms with Gasteiger partial charge in [-0.3, -0.25) is 0 Å². The molecule has 0 saturated heterocycles. The Labute approximate surface area is 93.0 Å². The molecule has 0 aliphatic carbocycles. The van der Waals surface area contributed by atoms with Gasteiger partial charge in [-0.25, -0.2) is 0 Å². The maximum atomic E-state index is 9.60. The topological polar surface area (TPSA) is 52.5 Å². The largest absolute Gasteiger partial charge is 0.506 e. The van der Waals surface area contributed by atoms with Gasteiger partial charge in [-0.15, -0.1) is 0 Å². The molecule has 72 valence electrons. The summed E-state index contributed by atoms with van der Waals surface area (Å²) in [5.41, 5.74) is 2.70. The molecule has 3 N–H and O–H groups in total. The van der Waals surface area contributed by atoms with Crippen LogP contribution in [0.2, 0.25) is 0 Å². The van der Waals surface area contributed by atoms with Crippen molar-refractivity contribution in [2.45, 2.75) is 13.0 Å². The number of rotatable bonds is 2. The van der Waals surface area contributed by atoms with Gasteiger partial charge < -0.3 is 10.3 Å². The van der Waals surface area contributed by atoms with Crippen molar-refractivity contribution in [3.8, 4) is 5.75 Å². The van der Waals surface area contributed by atoms with E-state index >= 15 is 0 Å². The number of phenolic OH excluding ortho intramolecular Hbond substituents is 1. The highest BCUT2D eigenvalue weighted by Crippen LogP contribution is 2.34. The molecule has 1 aromatic rings. The molecule has 3 nitrogen and oxygen atoms in total. The number of nitrogens with one attached hydrogen (secondary N) is 1. The third kappa shape index (κ3) is 2.43. The molecule has 0 bridgehead atoms. The Morgan fingerprint density at radius 1 is 1.38 bits per heavy atom. The van der Waals surface area contributed by atoms with Crippen molar-refractivity contribution in [3.63, 3.8) is 0 Å². The monoisotopic (exact) mass is 309 g/mol. The van der Waals surface area contributed by atoms with E-state index in [1.165, 1.54) is 0 Å². The Hall–Kier alpha value is -0.100. The molecule has 0 amide bonds. The first-order valence-electron chi connectivity index (χ1n) is 3.63. The van der Waals surface area contributed by atoms with Gasteiger partial charge in [-0.05, 0) is 35.0 Å². The maximum absolute atomic E-state index is 9.60. The molecule has 5 heteroatoms. The summed E-state index contributed by atoms with van der Waals surface area (Å²) in [5, 5.41) is 18.3. The average molecular weight is 311 g/mol. The maximum Gasteiger partial charge on any atom is 0.134 e. The fraction of sp³-hybridized carbons (Fsp3) is 0.250. The number of halogens is 2. The van der Waals surface area contributed by atoms with Gasteiger partial charge in [0.25, 0.3) is 0 Å². The fourth-order valence-corrected chi connectivity index (χ4v) is 2.24. The molecule has 1 atom stereocenters. The molecular formula is C8H9Br2NO2. The third-order valence-electron chi connectivity index (χ3n) is 1.72. The van der Waals surface area contributed by atoms with Gasteiger partial charge in [-0.1, -0.05) is 15.9 Å². The van der Waals surface area contributed by atoms with Crippen molar-refractivity contribution in [1.29, 1.82) is 0 Å². The first-order valence-corrected chi connectivity index (χ1v) is 5.22. The zero-order valence-corrected chi connectivity index (χ0v) is 10.1. The highest BCUT2D eigenvalue weighted by atomic mass is 79.9. The number of aromatic hydroxyl groups is 1. The second-order valence-corrected chi connectivity index (χ2v) is 4.45. The highest BCUT2D eigenvalue weighted by molar-refractivity contribution is 9.11. The van der Waals surface area contributed by atoms with E-state index in [1.54, 1.807) is 19.1 Å². The summed E-state index contributed by atoms with van der Waals surface area (Å²) in [6.45, 7) is 1.74. The smallest absolute Gasteiger partial charge is 0.134 e. The van der Waals surface area contributed by atoms with E-state index in [0.717, 1.165) is 4.47 Å². The number of hydroxylamine groups is 1. The van der Waals surface area contributed by atoms with Crippen LogP contribution in [0.3, 0.4) is 0 Å². The summed E-state index contributed by atoms with van der Waals surface area (Å²) in [4.78, 5) is 0. The molecular weight excluding hydrogens is 302 g/mol. The Balaban J connectivity index is 3.20. The predicted octanol–water partition coefficient (Wildman–Crippen LogP) is 2.96. The molecule has 0 saturated carbocycles. The molecule has 0 spiro atoms. The Morgan fingerprint density at radius 3 is 2.54 bits per heavy atom. The lowest BCUT2D eigenvalue weighted by atomic mass is 10.1. The zero-order valence-electron chi connectivity index (χ0n) is 6.88. The van der Waals surface area contributed by atoms with Crippen LogP contribution >= 0.6 is 31.9 Å². The van der Waals surface area contributed by atoms with Gasteiger partial charge in [-0.2, -0.15) is 5.48 Å². The van der Waals surface area contributed by atoms with E-state index in [9.17, 15) is 5.11 Å². The number of phenols is 1. The van der Waals surface area contributed by atoms with Crippen LogP contribution in [0.4, 0.5) is 0 Å². The standard InChI is InChI=1S/C8H9Br2NO2/c1-4(11-13)6-2-5(9)3-7(10)8(6)12/h2-4,11-13H,1H3/t4-/m1/s1. The molecule has 0 heterocycles. The minimum absolute atomic E-state index is 0.136. The lowest BCUT2D eigenvalue weighted by Crippen LogP contribution is -2.13. The van der Waals surface area contributed by atoms with Crippen molar-refractivity contribution in [1.82, 2.24) is 5.48 Å². The predicted molar refractivity (Wildman–Crippen MR) is 56.8 cm³/mol. The summed E-state index contributed by atoms with van der Waals surface area (Å²) in [6.07, 6.45) is 0.